The van der Waals surface area contributed by atoms with Crippen molar-refractivity contribution >= 4 is 45.7 Å². The highest BCUT2D eigenvalue weighted by atomic mass is 35.5. The molecule has 0 spiro atoms. The summed E-state index contributed by atoms with van der Waals surface area (Å²) in [5.41, 5.74) is 5.47. The molecule has 1 saturated heterocycles. The topological polar surface area (TPSA) is 84.1 Å². The number of unbranched alkanes of at least 4 members (excludes halogenated alkanes) is 1. The summed E-state index contributed by atoms with van der Waals surface area (Å²) in [5, 5.41) is 6.08. The number of nitrogens with one attached hydrogen (secondary N) is 1. The highest BCUT2D eigenvalue weighted by molar-refractivity contribution is 7.16. The molecule has 0 bridgehead atoms. The Morgan fingerprint density at radius 3 is 3.13 bits per heavy atom. The third-order valence-electron chi connectivity index (χ3n) is 4.00. The van der Waals surface area contributed by atoms with E-state index in [1.165, 1.54) is 0 Å². The second-order valence-corrected chi connectivity index (χ2v) is 6.37. The summed E-state index contributed by atoms with van der Waals surface area (Å²) in [6, 6.07) is 1.90. The molecule has 1 aliphatic rings. The molecule has 0 saturated carbocycles. The molecule has 3 N–H and O–H groups in total. The molecular weight excluding hydrogens is 334 g/mol. The van der Waals surface area contributed by atoms with E-state index < -0.39 is 0 Å². The van der Waals surface area contributed by atoms with Gasteiger partial charge in [0.1, 0.15) is 23.0 Å². The first-order valence-corrected chi connectivity index (χ1v) is 8.62. The number of nitrogens with zero attached hydrogens (tertiary/aromatic N) is 3. The van der Waals surface area contributed by atoms with E-state index in [2.05, 4.69) is 20.2 Å². The van der Waals surface area contributed by atoms with Gasteiger partial charge in [-0.25, -0.2) is 9.97 Å². The third kappa shape index (κ3) is 3.91. The summed E-state index contributed by atoms with van der Waals surface area (Å²) >= 11 is 1.60. The minimum absolute atomic E-state index is 0. The smallest absolute Gasteiger partial charge is 0.242 e. The highest BCUT2D eigenvalue weighted by Gasteiger charge is 2.32. The van der Waals surface area contributed by atoms with E-state index in [-0.39, 0.29) is 24.4 Å². The standard InChI is InChI=1S/C15H21N5OS.ClH/c16-6-1-2-7-17-14(21)12-4-3-8-20(12)13-11-5-9-22-15(11)19-10-18-13;/h5,9-10,12H,1-4,6-8,16H2,(H,17,21);1H. The Hall–Kier alpha value is -1.44. The molecule has 8 heteroatoms. The maximum absolute atomic E-state index is 12.4. The molecule has 0 aromatic carbocycles. The van der Waals surface area contributed by atoms with Crippen LogP contribution in [-0.4, -0.2) is 41.6 Å². The van der Waals surface area contributed by atoms with E-state index in [1.54, 1.807) is 17.7 Å². The van der Waals surface area contributed by atoms with Gasteiger partial charge in [0.15, 0.2) is 0 Å². The van der Waals surface area contributed by atoms with Gasteiger partial charge in [0.2, 0.25) is 5.91 Å². The van der Waals surface area contributed by atoms with Crippen LogP contribution in [-0.2, 0) is 4.79 Å². The molecule has 2 aromatic rings. The maximum atomic E-state index is 12.4. The monoisotopic (exact) mass is 355 g/mol. The fourth-order valence-corrected chi connectivity index (χ4v) is 3.62. The lowest BCUT2D eigenvalue weighted by atomic mass is 10.2. The van der Waals surface area contributed by atoms with Crippen molar-refractivity contribution < 1.29 is 4.79 Å². The summed E-state index contributed by atoms with van der Waals surface area (Å²) < 4.78 is 0. The van der Waals surface area contributed by atoms with Gasteiger partial charge in [-0.3, -0.25) is 4.79 Å². The van der Waals surface area contributed by atoms with Gasteiger partial charge in [-0.1, -0.05) is 0 Å². The molecule has 3 rings (SSSR count). The van der Waals surface area contributed by atoms with Crippen LogP contribution in [0, 0.1) is 0 Å². The molecule has 2 aromatic heterocycles. The van der Waals surface area contributed by atoms with Crippen molar-refractivity contribution in [2.75, 3.05) is 24.5 Å². The second-order valence-electron chi connectivity index (χ2n) is 5.47. The number of aromatic nitrogens is 2. The van der Waals surface area contributed by atoms with Crippen molar-refractivity contribution in [1.29, 1.82) is 0 Å². The van der Waals surface area contributed by atoms with Crippen LogP contribution in [0.3, 0.4) is 0 Å². The molecule has 3 heterocycles. The number of halogens is 1. The summed E-state index contributed by atoms with van der Waals surface area (Å²) in [4.78, 5) is 24.2. The largest absolute Gasteiger partial charge is 0.354 e. The number of amides is 1. The molecule has 1 amide bonds. The molecule has 23 heavy (non-hydrogen) atoms. The average Bonchev–Trinajstić information content (AvgIpc) is 3.19. The first-order chi connectivity index (χ1) is 10.8. The molecule has 1 unspecified atom stereocenters. The number of thiophene rings is 1. The number of rotatable bonds is 6. The molecule has 1 atom stereocenters. The first-order valence-electron chi connectivity index (χ1n) is 7.74. The number of anilines is 1. The zero-order valence-corrected chi connectivity index (χ0v) is 14.5. The van der Waals surface area contributed by atoms with Gasteiger partial charge in [0, 0.05) is 13.1 Å². The van der Waals surface area contributed by atoms with E-state index >= 15 is 0 Å². The van der Waals surface area contributed by atoms with Gasteiger partial charge in [-0.05, 0) is 43.7 Å². The Labute approximate surface area is 145 Å². The fourth-order valence-electron chi connectivity index (χ4n) is 2.90. The zero-order chi connectivity index (χ0) is 15.4. The van der Waals surface area contributed by atoms with E-state index in [0.29, 0.717) is 13.1 Å². The number of fused-ring (bicyclic) bond motifs is 1. The Morgan fingerprint density at radius 2 is 2.30 bits per heavy atom. The summed E-state index contributed by atoms with van der Waals surface area (Å²) in [7, 11) is 0. The van der Waals surface area contributed by atoms with Gasteiger partial charge in [-0.2, -0.15) is 0 Å². The maximum Gasteiger partial charge on any atom is 0.242 e. The molecule has 1 fully saturated rings. The molecule has 1 aliphatic heterocycles. The predicted molar refractivity (Wildman–Crippen MR) is 96.3 cm³/mol. The number of hydrogen-bond acceptors (Lipinski definition) is 6. The fraction of sp³-hybridized carbons (Fsp3) is 0.533. The Morgan fingerprint density at radius 1 is 1.43 bits per heavy atom. The van der Waals surface area contributed by atoms with Gasteiger partial charge < -0.3 is 16.0 Å². The predicted octanol–water partition coefficient (Wildman–Crippen LogP) is 1.94. The van der Waals surface area contributed by atoms with Crippen LogP contribution in [0.5, 0.6) is 0 Å². The van der Waals surface area contributed by atoms with Gasteiger partial charge >= 0.3 is 0 Å². The minimum Gasteiger partial charge on any atom is -0.354 e. The van der Waals surface area contributed by atoms with Crippen LogP contribution in [0.1, 0.15) is 25.7 Å². The number of carbonyl (C=O) groups is 1. The highest BCUT2D eigenvalue weighted by Crippen LogP contribution is 2.31. The second kappa shape index (κ2) is 8.42. The van der Waals surface area contributed by atoms with Crippen molar-refractivity contribution in [1.82, 2.24) is 15.3 Å². The number of hydrogen-bond donors (Lipinski definition) is 2. The summed E-state index contributed by atoms with van der Waals surface area (Å²) in [5.74, 6) is 0.974. The molecule has 0 radical (unpaired) electrons. The molecule has 0 aliphatic carbocycles. The van der Waals surface area contributed by atoms with Crippen LogP contribution in [0.25, 0.3) is 10.2 Å². The number of carbonyl (C=O) groups excluding carboxylic acids is 1. The Balaban J connectivity index is 0.00000192. The molecular formula is C15H22ClN5OS. The first kappa shape index (κ1) is 17.9. The normalized spacial score (nSPS) is 17.3. The van der Waals surface area contributed by atoms with Crippen LogP contribution in [0.4, 0.5) is 5.82 Å². The van der Waals surface area contributed by atoms with Gasteiger partial charge in [-0.15, -0.1) is 23.7 Å². The Kier molecular flexibility index (Phi) is 6.56. The van der Waals surface area contributed by atoms with Crippen LogP contribution in [0.2, 0.25) is 0 Å². The van der Waals surface area contributed by atoms with Crippen molar-refractivity contribution in [2.24, 2.45) is 5.73 Å². The van der Waals surface area contributed by atoms with Crippen molar-refractivity contribution in [3.63, 3.8) is 0 Å². The van der Waals surface area contributed by atoms with Crippen molar-refractivity contribution in [2.45, 2.75) is 31.7 Å². The summed E-state index contributed by atoms with van der Waals surface area (Å²) in [6.45, 7) is 2.23. The van der Waals surface area contributed by atoms with E-state index in [0.717, 1.165) is 48.3 Å². The molecule has 6 nitrogen and oxygen atoms in total. The van der Waals surface area contributed by atoms with Crippen LogP contribution in [0.15, 0.2) is 17.8 Å². The minimum atomic E-state index is -0.129. The quantitative estimate of drug-likeness (QED) is 0.773. The Bertz CT molecular complexity index is 650. The van der Waals surface area contributed by atoms with Crippen molar-refractivity contribution in [3.8, 4) is 0 Å². The van der Waals surface area contributed by atoms with Crippen molar-refractivity contribution in [3.05, 3.63) is 17.8 Å². The van der Waals surface area contributed by atoms with E-state index in [9.17, 15) is 4.79 Å². The zero-order valence-electron chi connectivity index (χ0n) is 12.9. The van der Waals surface area contributed by atoms with Crippen LogP contribution >= 0.6 is 23.7 Å². The average molecular weight is 356 g/mol. The molecule has 126 valence electrons. The van der Waals surface area contributed by atoms with E-state index in [1.807, 2.05) is 11.4 Å². The lowest BCUT2D eigenvalue weighted by Gasteiger charge is -2.25. The van der Waals surface area contributed by atoms with Gasteiger partial charge in [0.25, 0.3) is 0 Å². The van der Waals surface area contributed by atoms with Crippen LogP contribution < -0.4 is 16.0 Å². The van der Waals surface area contributed by atoms with E-state index in [4.69, 9.17) is 5.73 Å². The lowest BCUT2D eigenvalue weighted by molar-refractivity contribution is -0.122. The lowest BCUT2D eigenvalue weighted by Crippen LogP contribution is -2.44. The SMILES string of the molecule is Cl.NCCCCNC(=O)C1CCCN1c1ncnc2sccc12. The third-order valence-corrected chi connectivity index (χ3v) is 4.82. The summed E-state index contributed by atoms with van der Waals surface area (Å²) in [6.07, 6.45) is 5.34. The number of nitrogens with two attached hydrogens (primary N) is 1. The van der Waals surface area contributed by atoms with Gasteiger partial charge in [0.05, 0.1) is 5.39 Å².